The first-order valence-corrected chi connectivity index (χ1v) is 46.7. The van der Waals surface area contributed by atoms with Gasteiger partial charge in [-0.3, -0.25) is 0 Å². The zero-order valence-corrected chi connectivity index (χ0v) is 75.6. The first kappa shape index (κ1) is 86.8. The average Bonchev–Trinajstić information content (AvgIpc) is 1.49. The van der Waals surface area contributed by atoms with E-state index in [1.165, 1.54) is 54.8 Å². The number of hydrogen-bond donors (Lipinski definition) is 0. The maximum absolute atomic E-state index is 6.54. The second-order valence-corrected chi connectivity index (χ2v) is 33.8. The molecule has 1 heterocycles. The number of rotatable bonds is 34. The number of benzene rings is 19. The lowest BCUT2D eigenvalue weighted by molar-refractivity contribution is 0.115. The zero-order chi connectivity index (χ0) is 90.5. The fourth-order valence-electron chi connectivity index (χ4n) is 17.7. The van der Waals surface area contributed by atoms with E-state index in [-0.39, 0.29) is 0 Å². The minimum atomic E-state index is 0.460. The molecule has 0 N–H and O–H groups in total. The normalized spacial score (nSPS) is 11.2. The summed E-state index contributed by atoms with van der Waals surface area (Å²) in [5, 5.41) is 9.53. The third kappa shape index (κ3) is 20.6. The van der Waals surface area contributed by atoms with Crippen molar-refractivity contribution in [3.05, 3.63) is 493 Å². The largest absolute Gasteiger partial charge is 0.375 e. The predicted octanol–water partition coefficient (Wildman–Crippen LogP) is 29.5. The van der Waals surface area contributed by atoms with Gasteiger partial charge in [0, 0.05) is 116 Å². The molecule has 0 aliphatic rings. The summed E-state index contributed by atoms with van der Waals surface area (Å²) < 4.78 is 35.7. The molecule has 0 saturated carbocycles. The molecule has 20 aromatic rings. The van der Waals surface area contributed by atoms with Crippen LogP contribution in [0.5, 0.6) is 0 Å². The number of anilines is 14. The Kier molecular flexibility index (Phi) is 27.2. The minimum absolute atomic E-state index is 0.460. The molecule has 0 amide bonds. The molecule has 0 aliphatic heterocycles. The zero-order valence-electron chi connectivity index (χ0n) is 74.8. The number of nitrogens with zero attached hydrogens (tertiary/aromatic N) is 8. The molecule has 135 heavy (non-hydrogen) atoms. The molecule has 0 radical (unpaired) electrons. The molecular formula is C122H98N8O4S. The van der Waals surface area contributed by atoms with Gasteiger partial charge in [0.1, 0.15) is 11.0 Å². The summed E-state index contributed by atoms with van der Waals surface area (Å²) in [5.74, 6) is 13.8. The quantitative estimate of drug-likeness (QED) is 0.0285. The lowest BCUT2D eigenvalue weighted by Gasteiger charge is -2.27. The lowest BCUT2D eigenvalue weighted by atomic mass is 10.1. The van der Waals surface area contributed by atoms with Crippen molar-refractivity contribution in [1.29, 1.82) is 0 Å². The first-order valence-electron chi connectivity index (χ1n) is 45.9. The topological polar surface area (TPSA) is 82.1 Å². The molecule has 20 rings (SSSR count). The maximum Gasteiger partial charge on any atom is 0.121 e. The highest BCUT2D eigenvalue weighted by Gasteiger charge is 2.22. The SMILES string of the molecule is C(#Cc1ccc(C#Cc2ccc(N(CCOCc3ccc(N(c4ccccc4)c4cccc5ccccc45)cc3)CCOCc3ccc(N(c4ccccc4)c4cccc5ccccc45)cc3)cc2)c2nsnc12)c1ccc(N(CCOCc2ccc(N(c3ccccc3)c3cccc4ccccc34)cc2)CCOCc2ccc(N(c3ccccc3)c3cccc4ccccc34)cc2)cc1. The van der Waals surface area contributed by atoms with Crippen LogP contribution in [0.1, 0.15) is 44.5 Å². The third-order valence-corrected chi connectivity index (χ3v) is 25.1. The van der Waals surface area contributed by atoms with E-state index < -0.39 is 0 Å². The van der Waals surface area contributed by atoms with Crippen LogP contribution in [0, 0.1) is 23.7 Å². The maximum atomic E-state index is 6.54. The Bertz CT molecular complexity index is 6710. The molecule has 0 aliphatic carbocycles. The number of para-hydroxylation sites is 4. The van der Waals surface area contributed by atoms with Crippen LogP contribution in [0.3, 0.4) is 0 Å². The minimum Gasteiger partial charge on any atom is -0.375 e. The third-order valence-electron chi connectivity index (χ3n) is 24.5. The van der Waals surface area contributed by atoms with E-state index in [2.05, 4.69) is 490 Å². The summed E-state index contributed by atoms with van der Waals surface area (Å²) in [6.07, 6.45) is 0. The van der Waals surface area contributed by atoms with Gasteiger partial charge in [-0.2, -0.15) is 8.75 Å². The van der Waals surface area contributed by atoms with Crippen molar-refractivity contribution < 1.29 is 18.9 Å². The van der Waals surface area contributed by atoms with Gasteiger partial charge in [-0.1, -0.05) is 291 Å². The Labute approximate surface area is 793 Å². The van der Waals surface area contributed by atoms with Crippen LogP contribution in [-0.2, 0) is 45.4 Å². The van der Waals surface area contributed by atoms with Gasteiger partial charge in [-0.25, -0.2) is 0 Å². The van der Waals surface area contributed by atoms with Crippen molar-refractivity contribution in [2.75, 3.05) is 82.0 Å². The van der Waals surface area contributed by atoms with Crippen molar-refractivity contribution in [1.82, 2.24) is 8.75 Å². The van der Waals surface area contributed by atoms with Gasteiger partial charge >= 0.3 is 0 Å². The fraction of sp³-hybridized carbons (Fsp3) is 0.0984. The molecule has 0 atom stereocenters. The van der Waals surface area contributed by atoms with Gasteiger partial charge in [0.05, 0.1) is 98.5 Å². The van der Waals surface area contributed by atoms with Gasteiger partial charge < -0.3 is 48.3 Å². The Balaban J connectivity index is 0.505. The van der Waals surface area contributed by atoms with E-state index in [0.29, 0.717) is 79.0 Å². The average molecular weight is 1770 g/mol. The molecule has 656 valence electrons. The second kappa shape index (κ2) is 42.3. The van der Waals surface area contributed by atoms with Gasteiger partial charge in [0.25, 0.3) is 0 Å². The molecule has 0 saturated heterocycles. The summed E-state index contributed by atoms with van der Waals surface area (Å²) in [4.78, 5) is 14.0. The number of ether oxygens (including phenoxy) is 4. The van der Waals surface area contributed by atoms with Crippen LogP contribution < -0.4 is 29.4 Å². The highest BCUT2D eigenvalue weighted by atomic mass is 32.1. The van der Waals surface area contributed by atoms with Crippen LogP contribution in [0.25, 0.3) is 54.1 Å². The van der Waals surface area contributed by atoms with E-state index in [9.17, 15) is 0 Å². The summed E-state index contributed by atoms with van der Waals surface area (Å²) in [6.45, 7) is 6.37. The Morgan fingerprint density at radius 1 is 0.200 bits per heavy atom. The van der Waals surface area contributed by atoms with E-state index in [1.54, 1.807) is 0 Å². The highest BCUT2D eigenvalue weighted by Crippen LogP contribution is 2.45. The van der Waals surface area contributed by atoms with Gasteiger partial charge in [-0.15, -0.1) is 0 Å². The summed E-state index contributed by atoms with van der Waals surface area (Å²) in [6, 6.07) is 158. The fourth-order valence-corrected chi connectivity index (χ4v) is 18.2. The standard InChI is InChI=1S/C122H98N8O4S/c1-5-33-105(34-6-1)127(117-45-21-29-97-25-13-17-41-113(97)117)109-71-55-93(56-72-109)87-131-83-79-125(80-84-132-88-94-57-73-110(74-58-94)128(106-35-7-2-8-36-106)118-46-22-30-98-26-14-18-42-114(98)118)103-67-51-91(52-68-103)49-63-101-65-66-102(122-121(101)123-135-124-122)64-50-92-53-69-104(70-54-92)126(81-85-133-89-95-59-75-111(76-60-95)129(107-37-9-3-10-38-107)119-47-23-31-99-27-15-19-43-115(99)119)82-86-134-90-96-61-77-112(78-62-96)130(108-39-11-4-12-40-108)120-48-24-32-100-28-16-20-44-116(100)120/h1-48,51-62,65-78H,79-90H2. The van der Waals surface area contributed by atoms with E-state index >= 15 is 0 Å². The summed E-state index contributed by atoms with van der Waals surface area (Å²) in [5.41, 5.74) is 24.3. The lowest BCUT2D eigenvalue weighted by Crippen LogP contribution is -2.31. The number of fused-ring (bicyclic) bond motifs is 5. The van der Waals surface area contributed by atoms with E-state index in [0.717, 1.165) is 135 Å². The van der Waals surface area contributed by atoms with Crippen molar-refractivity contribution in [2.24, 2.45) is 0 Å². The molecule has 0 bridgehead atoms. The molecule has 13 heteroatoms. The van der Waals surface area contributed by atoms with E-state index in [1.807, 2.05) is 12.1 Å². The van der Waals surface area contributed by atoms with E-state index in [4.69, 9.17) is 27.7 Å². The van der Waals surface area contributed by atoms with Gasteiger partial charge in [-0.05, 0) is 226 Å². The first-order chi connectivity index (χ1) is 67.0. The smallest absolute Gasteiger partial charge is 0.121 e. The Morgan fingerprint density at radius 3 is 0.681 bits per heavy atom. The highest BCUT2D eigenvalue weighted by molar-refractivity contribution is 7.00. The van der Waals surface area contributed by atoms with Crippen LogP contribution in [-0.4, -0.2) is 61.4 Å². The summed E-state index contributed by atoms with van der Waals surface area (Å²) in [7, 11) is 0. The molecule has 0 fully saturated rings. The van der Waals surface area contributed by atoms with Crippen LogP contribution >= 0.6 is 11.7 Å². The predicted molar refractivity (Wildman–Crippen MR) is 560 cm³/mol. The molecular weight excluding hydrogens is 1670 g/mol. The summed E-state index contributed by atoms with van der Waals surface area (Å²) >= 11 is 1.17. The van der Waals surface area contributed by atoms with Crippen molar-refractivity contribution in [3.63, 3.8) is 0 Å². The molecule has 0 unspecified atom stereocenters. The monoisotopic (exact) mass is 1770 g/mol. The van der Waals surface area contributed by atoms with Crippen molar-refractivity contribution >= 4 is 145 Å². The Hall–Kier alpha value is -16.2. The number of aromatic nitrogens is 2. The van der Waals surface area contributed by atoms with Gasteiger partial charge in [0.15, 0.2) is 0 Å². The second-order valence-electron chi connectivity index (χ2n) is 33.2. The molecule has 1 aromatic heterocycles. The van der Waals surface area contributed by atoms with Gasteiger partial charge in [0.2, 0.25) is 0 Å². The molecule has 12 nitrogen and oxygen atoms in total. The Morgan fingerprint density at radius 2 is 0.422 bits per heavy atom. The van der Waals surface area contributed by atoms with Crippen LogP contribution in [0.15, 0.2) is 449 Å². The van der Waals surface area contributed by atoms with Crippen LogP contribution in [0.2, 0.25) is 0 Å². The molecule has 0 spiro atoms. The van der Waals surface area contributed by atoms with Crippen LogP contribution in [0.4, 0.5) is 79.6 Å². The molecule has 19 aromatic carbocycles. The van der Waals surface area contributed by atoms with Crippen molar-refractivity contribution in [3.8, 4) is 23.7 Å². The van der Waals surface area contributed by atoms with Crippen molar-refractivity contribution in [2.45, 2.75) is 26.4 Å². The number of hydrogen-bond acceptors (Lipinski definition) is 13.